The van der Waals surface area contributed by atoms with Crippen molar-refractivity contribution in [2.45, 2.75) is 6.92 Å². The largest absolute Gasteiger partial charge is 0.465 e. The number of aryl methyl sites for hydroxylation is 1. The van der Waals surface area contributed by atoms with Gasteiger partial charge in [-0.1, -0.05) is 17.7 Å². The summed E-state index contributed by atoms with van der Waals surface area (Å²) in [5, 5.41) is 4.76. The first-order valence-corrected chi connectivity index (χ1v) is 5.61. The Bertz CT molecular complexity index is 588. The Morgan fingerprint density at radius 2 is 2.22 bits per heavy atom. The third-order valence-corrected chi connectivity index (χ3v) is 2.95. The molecule has 0 spiro atoms. The zero-order valence-electron chi connectivity index (χ0n) is 9.98. The molecule has 0 saturated carbocycles. The van der Waals surface area contributed by atoms with Crippen molar-refractivity contribution in [1.29, 1.82) is 0 Å². The molecule has 0 amide bonds. The van der Waals surface area contributed by atoms with Crippen LogP contribution < -0.4 is 5.73 Å². The molecule has 0 aliphatic carbocycles. The molecule has 0 bridgehead atoms. The highest BCUT2D eigenvalue weighted by Gasteiger charge is 2.15. The number of halogens is 1. The SMILES string of the molecule is COC(=O)c1cccc(-n2cc(Cl)c(C)n2)c1N. The molecule has 0 aliphatic rings. The van der Waals surface area contributed by atoms with E-state index in [1.165, 1.54) is 7.11 Å². The molecular weight excluding hydrogens is 254 g/mol. The zero-order chi connectivity index (χ0) is 13.3. The van der Waals surface area contributed by atoms with Crippen LogP contribution in [0.2, 0.25) is 5.02 Å². The summed E-state index contributed by atoms with van der Waals surface area (Å²) in [7, 11) is 1.31. The van der Waals surface area contributed by atoms with Gasteiger partial charge in [-0.15, -0.1) is 0 Å². The van der Waals surface area contributed by atoms with E-state index >= 15 is 0 Å². The molecule has 0 fully saturated rings. The molecule has 18 heavy (non-hydrogen) atoms. The fourth-order valence-electron chi connectivity index (χ4n) is 1.60. The van der Waals surface area contributed by atoms with Gasteiger partial charge in [0.1, 0.15) is 0 Å². The molecule has 0 saturated heterocycles. The molecule has 0 radical (unpaired) electrons. The van der Waals surface area contributed by atoms with Crippen molar-refractivity contribution >= 4 is 23.3 Å². The minimum Gasteiger partial charge on any atom is -0.465 e. The number of para-hydroxylation sites is 1. The van der Waals surface area contributed by atoms with Gasteiger partial charge in [-0.3, -0.25) is 0 Å². The lowest BCUT2D eigenvalue weighted by Crippen LogP contribution is -2.09. The van der Waals surface area contributed by atoms with E-state index in [4.69, 9.17) is 17.3 Å². The van der Waals surface area contributed by atoms with Crippen LogP contribution >= 0.6 is 11.6 Å². The molecule has 2 aromatic rings. The number of methoxy groups -OCH3 is 1. The molecule has 1 aromatic heterocycles. The van der Waals surface area contributed by atoms with Crippen LogP contribution in [0.4, 0.5) is 5.69 Å². The molecule has 1 aromatic carbocycles. The van der Waals surface area contributed by atoms with Crippen molar-refractivity contribution in [3.8, 4) is 5.69 Å². The maximum atomic E-state index is 11.5. The lowest BCUT2D eigenvalue weighted by molar-refractivity contribution is 0.0602. The first kappa shape index (κ1) is 12.4. The number of rotatable bonds is 2. The minimum atomic E-state index is -0.482. The number of nitrogens with two attached hydrogens (primary N) is 1. The average molecular weight is 266 g/mol. The van der Waals surface area contributed by atoms with Crippen LogP contribution in [0, 0.1) is 6.92 Å². The normalized spacial score (nSPS) is 10.4. The summed E-state index contributed by atoms with van der Waals surface area (Å²) in [6.45, 7) is 1.79. The van der Waals surface area contributed by atoms with Gasteiger partial charge in [0.25, 0.3) is 0 Å². The number of anilines is 1. The second kappa shape index (κ2) is 4.70. The predicted molar refractivity (Wildman–Crippen MR) is 69.1 cm³/mol. The predicted octanol–water partition coefficient (Wildman–Crippen LogP) is 2.20. The van der Waals surface area contributed by atoms with Gasteiger partial charge in [0, 0.05) is 6.20 Å². The van der Waals surface area contributed by atoms with Crippen molar-refractivity contribution < 1.29 is 9.53 Å². The van der Waals surface area contributed by atoms with Crippen molar-refractivity contribution in [3.63, 3.8) is 0 Å². The number of nitrogens with zero attached hydrogens (tertiary/aromatic N) is 2. The molecule has 0 unspecified atom stereocenters. The quantitative estimate of drug-likeness (QED) is 0.668. The number of esters is 1. The first-order chi connectivity index (χ1) is 8.54. The van der Waals surface area contributed by atoms with E-state index in [0.717, 1.165) is 0 Å². The van der Waals surface area contributed by atoms with Crippen molar-refractivity contribution in [2.24, 2.45) is 0 Å². The van der Waals surface area contributed by atoms with Crippen LogP contribution in [0.1, 0.15) is 16.1 Å². The number of hydrogen-bond donors (Lipinski definition) is 1. The number of carbonyl (C=O) groups excluding carboxylic acids is 1. The maximum Gasteiger partial charge on any atom is 0.340 e. The molecule has 94 valence electrons. The average Bonchev–Trinajstić information content (AvgIpc) is 2.69. The second-order valence-electron chi connectivity index (χ2n) is 3.74. The lowest BCUT2D eigenvalue weighted by Gasteiger charge is -2.09. The van der Waals surface area contributed by atoms with Gasteiger partial charge >= 0.3 is 5.97 Å². The smallest absolute Gasteiger partial charge is 0.340 e. The zero-order valence-corrected chi connectivity index (χ0v) is 10.7. The maximum absolute atomic E-state index is 11.5. The molecule has 1 heterocycles. The van der Waals surface area contributed by atoms with Crippen LogP contribution in [0.25, 0.3) is 5.69 Å². The third kappa shape index (κ3) is 2.04. The van der Waals surface area contributed by atoms with Crippen molar-refractivity contribution in [2.75, 3.05) is 12.8 Å². The highest BCUT2D eigenvalue weighted by Crippen LogP contribution is 2.24. The Balaban J connectivity index is 2.55. The number of aromatic nitrogens is 2. The summed E-state index contributed by atoms with van der Waals surface area (Å²) < 4.78 is 6.20. The van der Waals surface area contributed by atoms with Crippen LogP contribution in [0.3, 0.4) is 0 Å². The number of ether oxygens (including phenoxy) is 1. The van der Waals surface area contributed by atoms with Crippen LogP contribution in [0.15, 0.2) is 24.4 Å². The van der Waals surface area contributed by atoms with Crippen molar-refractivity contribution in [3.05, 3.63) is 40.7 Å². The monoisotopic (exact) mass is 265 g/mol. The third-order valence-electron chi connectivity index (χ3n) is 2.57. The fourth-order valence-corrected chi connectivity index (χ4v) is 1.73. The van der Waals surface area contributed by atoms with Gasteiger partial charge in [0.15, 0.2) is 0 Å². The number of nitrogen functional groups attached to an aromatic ring is 1. The van der Waals surface area contributed by atoms with Crippen LogP contribution in [0.5, 0.6) is 0 Å². The molecule has 2 N–H and O–H groups in total. The molecule has 6 heteroatoms. The first-order valence-electron chi connectivity index (χ1n) is 5.23. The summed E-state index contributed by atoms with van der Waals surface area (Å²) in [6, 6.07) is 5.07. The Labute approximate surface area is 109 Å². The van der Waals surface area contributed by atoms with Gasteiger partial charge in [-0.05, 0) is 19.1 Å². The highest BCUT2D eigenvalue weighted by atomic mass is 35.5. The highest BCUT2D eigenvalue weighted by molar-refractivity contribution is 6.31. The standard InChI is InChI=1S/C12H12ClN3O2/c1-7-9(13)6-16(15-7)10-5-3-4-8(11(10)14)12(17)18-2/h3-6H,14H2,1-2H3. The van der Waals surface area contributed by atoms with Gasteiger partial charge in [-0.25, -0.2) is 9.48 Å². The Morgan fingerprint density at radius 3 is 2.78 bits per heavy atom. The van der Waals surface area contributed by atoms with E-state index < -0.39 is 5.97 Å². The number of hydrogen-bond acceptors (Lipinski definition) is 4. The fraction of sp³-hybridized carbons (Fsp3) is 0.167. The molecular formula is C12H12ClN3O2. The van der Waals surface area contributed by atoms with Crippen LogP contribution in [-0.4, -0.2) is 22.9 Å². The lowest BCUT2D eigenvalue weighted by atomic mass is 10.1. The summed E-state index contributed by atoms with van der Waals surface area (Å²) in [5.74, 6) is -0.482. The molecule has 0 atom stereocenters. The Morgan fingerprint density at radius 1 is 1.50 bits per heavy atom. The van der Waals surface area contributed by atoms with E-state index in [1.807, 2.05) is 0 Å². The summed E-state index contributed by atoms with van der Waals surface area (Å²) in [5.41, 5.74) is 7.84. The van der Waals surface area contributed by atoms with Crippen LogP contribution in [-0.2, 0) is 4.74 Å². The molecule has 0 aliphatic heterocycles. The van der Waals surface area contributed by atoms with E-state index in [2.05, 4.69) is 9.84 Å². The summed E-state index contributed by atoms with van der Waals surface area (Å²) >= 11 is 5.95. The van der Waals surface area contributed by atoms with E-state index in [0.29, 0.717) is 27.7 Å². The Hall–Kier alpha value is -2.01. The molecule has 2 rings (SSSR count). The summed E-state index contributed by atoms with van der Waals surface area (Å²) in [6.07, 6.45) is 1.64. The van der Waals surface area contributed by atoms with E-state index in [9.17, 15) is 4.79 Å². The topological polar surface area (TPSA) is 70.1 Å². The second-order valence-corrected chi connectivity index (χ2v) is 4.14. The Kier molecular flexibility index (Phi) is 3.25. The van der Waals surface area contributed by atoms with E-state index in [1.54, 1.807) is 36.0 Å². The molecule has 5 nitrogen and oxygen atoms in total. The van der Waals surface area contributed by atoms with Gasteiger partial charge in [-0.2, -0.15) is 5.10 Å². The van der Waals surface area contributed by atoms with Gasteiger partial charge < -0.3 is 10.5 Å². The van der Waals surface area contributed by atoms with Gasteiger partial charge in [0.05, 0.1) is 34.8 Å². The number of benzene rings is 1. The van der Waals surface area contributed by atoms with E-state index in [-0.39, 0.29) is 0 Å². The summed E-state index contributed by atoms with van der Waals surface area (Å²) in [4.78, 5) is 11.5. The van der Waals surface area contributed by atoms with Gasteiger partial charge in [0.2, 0.25) is 0 Å². The number of carbonyl (C=O) groups is 1. The van der Waals surface area contributed by atoms with Crippen molar-refractivity contribution in [1.82, 2.24) is 9.78 Å². The minimum absolute atomic E-state index is 0.305.